The van der Waals surface area contributed by atoms with Gasteiger partial charge in [-0.15, -0.1) is 0 Å². The van der Waals surface area contributed by atoms with E-state index in [-0.39, 0.29) is 0 Å². The highest BCUT2D eigenvalue weighted by Gasteiger charge is 2.36. The number of aryl methyl sites for hydroxylation is 1. The molecule has 0 fully saturated rings. The molecule has 0 unspecified atom stereocenters. The minimum Gasteiger partial charge on any atom is -0.0651 e. The van der Waals surface area contributed by atoms with Crippen LogP contribution in [0.2, 0.25) is 18.1 Å². The van der Waals surface area contributed by atoms with Crippen molar-refractivity contribution in [2.45, 2.75) is 45.8 Å². The molecule has 0 aliphatic heterocycles. The van der Waals surface area contributed by atoms with E-state index < -0.39 is 8.07 Å². The van der Waals surface area contributed by atoms with E-state index in [0.29, 0.717) is 5.04 Å². The number of benzene rings is 1. The Labute approximate surface area is 89.4 Å². The highest BCUT2D eigenvalue weighted by atomic mass is 28.3. The zero-order valence-electron chi connectivity index (χ0n) is 10.3. The lowest BCUT2D eigenvalue weighted by Crippen LogP contribution is -2.49. The second-order valence-electron chi connectivity index (χ2n) is 5.74. The van der Waals surface area contributed by atoms with E-state index in [1.54, 1.807) is 5.19 Å². The molecule has 0 radical (unpaired) electrons. The summed E-state index contributed by atoms with van der Waals surface area (Å²) in [5.74, 6) is 0. The zero-order valence-corrected chi connectivity index (χ0v) is 11.3. The number of hydrogen-bond donors (Lipinski definition) is 0. The topological polar surface area (TPSA) is 0 Å². The van der Waals surface area contributed by atoms with Crippen molar-refractivity contribution in [3.8, 4) is 0 Å². The zero-order chi connectivity index (χ0) is 11.0. The summed E-state index contributed by atoms with van der Waals surface area (Å²) in [6.45, 7) is 14.1. The quantitative estimate of drug-likeness (QED) is 0.615. The molecule has 0 aromatic heterocycles. The molecule has 0 saturated carbocycles. The van der Waals surface area contributed by atoms with Crippen molar-refractivity contribution in [2.75, 3.05) is 0 Å². The van der Waals surface area contributed by atoms with E-state index in [2.05, 4.69) is 65.1 Å². The molecule has 0 nitrogen and oxygen atoms in total. The van der Waals surface area contributed by atoms with Crippen molar-refractivity contribution in [2.24, 2.45) is 0 Å². The molecule has 0 aliphatic rings. The highest BCUT2D eigenvalue weighted by molar-refractivity contribution is 6.92. The van der Waals surface area contributed by atoms with Gasteiger partial charge in [0, 0.05) is 0 Å². The van der Waals surface area contributed by atoms with Crippen LogP contribution in [-0.4, -0.2) is 8.07 Å². The van der Waals surface area contributed by atoms with Gasteiger partial charge >= 0.3 is 0 Å². The molecule has 0 atom stereocenters. The molecule has 1 aromatic rings. The van der Waals surface area contributed by atoms with Crippen LogP contribution < -0.4 is 5.19 Å². The van der Waals surface area contributed by atoms with Crippen LogP contribution in [0.25, 0.3) is 0 Å². The maximum atomic E-state index is 2.46. The first kappa shape index (κ1) is 11.5. The van der Waals surface area contributed by atoms with Crippen LogP contribution in [0.3, 0.4) is 0 Å². The van der Waals surface area contributed by atoms with E-state index >= 15 is 0 Å². The van der Waals surface area contributed by atoms with Gasteiger partial charge in [0.15, 0.2) is 0 Å². The minimum absolute atomic E-state index is 0.433. The second kappa shape index (κ2) is 3.54. The average Bonchev–Trinajstić information content (AvgIpc) is 2.03. The Morgan fingerprint density at radius 3 is 1.71 bits per heavy atom. The molecule has 78 valence electrons. The summed E-state index contributed by atoms with van der Waals surface area (Å²) in [4.78, 5) is 0. The Hall–Kier alpha value is -0.563. The lowest BCUT2D eigenvalue weighted by atomic mass is 10.2. The van der Waals surface area contributed by atoms with Crippen molar-refractivity contribution in [1.29, 1.82) is 0 Å². The van der Waals surface area contributed by atoms with E-state index in [4.69, 9.17) is 0 Å². The Bertz CT molecular complexity index is 301. The predicted octanol–water partition coefficient (Wildman–Crippen LogP) is 3.71. The molecule has 1 aromatic carbocycles. The highest BCUT2D eigenvalue weighted by Crippen LogP contribution is 2.35. The summed E-state index contributed by atoms with van der Waals surface area (Å²) in [5, 5.41) is 2.00. The molecule has 14 heavy (non-hydrogen) atoms. The normalized spacial score (nSPS) is 13.0. The summed E-state index contributed by atoms with van der Waals surface area (Å²) in [6, 6.07) is 9.09. The summed E-state index contributed by atoms with van der Waals surface area (Å²) >= 11 is 0. The maximum absolute atomic E-state index is 2.46. The molecule has 0 amide bonds. The van der Waals surface area contributed by atoms with E-state index in [1.165, 1.54) is 5.56 Å². The van der Waals surface area contributed by atoms with Gasteiger partial charge in [0.25, 0.3) is 0 Å². The monoisotopic (exact) mass is 206 g/mol. The van der Waals surface area contributed by atoms with E-state index in [1.807, 2.05) is 0 Å². The Kier molecular flexibility index (Phi) is 2.91. The Morgan fingerprint density at radius 2 is 1.36 bits per heavy atom. The van der Waals surface area contributed by atoms with Gasteiger partial charge in [0.2, 0.25) is 0 Å². The molecule has 1 rings (SSSR count). The third-order valence-electron chi connectivity index (χ3n) is 3.65. The van der Waals surface area contributed by atoms with Crippen LogP contribution >= 0.6 is 0 Å². The third-order valence-corrected chi connectivity index (χ3v) is 9.17. The number of hydrogen-bond acceptors (Lipinski definition) is 0. The van der Waals surface area contributed by atoms with Crippen molar-refractivity contribution < 1.29 is 0 Å². The molecule has 0 bridgehead atoms. The van der Waals surface area contributed by atoms with Crippen LogP contribution in [0.1, 0.15) is 26.3 Å². The summed E-state index contributed by atoms with van der Waals surface area (Å²) in [7, 11) is -1.30. The largest absolute Gasteiger partial charge is 0.0859 e. The first-order chi connectivity index (χ1) is 6.25. The molecule has 0 heterocycles. The first-order valence-electron chi connectivity index (χ1n) is 5.32. The molecule has 0 N–H and O–H groups in total. The summed E-state index contributed by atoms with van der Waals surface area (Å²) in [6.07, 6.45) is 0. The van der Waals surface area contributed by atoms with Gasteiger partial charge in [-0.25, -0.2) is 0 Å². The summed E-state index contributed by atoms with van der Waals surface area (Å²) in [5.41, 5.74) is 1.35. The number of rotatable bonds is 1. The first-order valence-corrected chi connectivity index (χ1v) is 8.32. The van der Waals surface area contributed by atoms with Crippen LogP contribution in [0.15, 0.2) is 24.3 Å². The van der Waals surface area contributed by atoms with Gasteiger partial charge in [-0.1, -0.05) is 68.9 Å². The van der Waals surface area contributed by atoms with Crippen molar-refractivity contribution >= 4 is 13.3 Å². The fourth-order valence-electron chi connectivity index (χ4n) is 1.40. The van der Waals surface area contributed by atoms with Crippen LogP contribution in [0.4, 0.5) is 0 Å². The van der Waals surface area contributed by atoms with Gasteiger partial charge in [-0.2, -0.15) is 0 Å². The SMILES string of the molecule is Cc1ccc([Si](C)(C)C(C)(C)C)cc1. The molecule has 1 heteroatoms. The third kappa shape index (κ3) is 2.09. The second-order valence-corrected chi connectivity index (χ2v) is 11.1. The Morgan fingerprint density at radius 1 is 0.929 bits per heavy atom. The fraction of sp³-hybridized carbons (Fsp3) is 0.538. The predicted molar refractivity (Wildman–Crippen MR) is 68.0 cm³/mol. The Balaban J connectivity index is 3.10. The van der Waals surface area contributed by atoms with Crippen molar-refractivity contribution in [3.05, 3.63) is 29.8 Å². The van der Waals surface area contributed by atoms with Crippen LogP contribution in [0.5, 0.6) is 0 Å². The molecule has 0 saturated heterocycles. The van der Waals surface area contributed by atoms with E-state index in [0.717, 1.165) is 0 Å². The fourth-order valence-corrected chi connectivity index (χ4v) is 3.27. The molecular formula is C13H22Si. The molecule has 0 spiro atoms. The minimum atomic E-state index is -1.30. The van der Waals surface area contributed by atoms with Gasteiger partial charge in [-0.3, -0.25) is 0 Å². The van der Waals surface area contributed by atoms with Crippen molar-refractivity contribution in [3.63, 3.8) is 0 Å². The standard InChI is InChI=1S/C13H22Si/c1-11-7-9-12(10-8-11)14(5,6)13(2,3)4/h7-10H,1-6H3. The average molecular weight is 206 g/mol. The van der Waals surface area contributed by atoms with Crippen LogP contribution in [0, 0.1) is 6.92 Å². The molecule has 0 aliphatic carbocycles. The smallest absolute Gasteiger partial charge is 0.0651 e. The van der Waals surface area contributed by atoms with E-state index in [9.17, 15) is 0 Å². The lowest BCUT2D eigenvalue weighted by Gasteiger charge is -2.37. The van der Waals surface area contributed by atoms with Crippen molar-refractivity contribution in [1.82, 2.24) is 0 Å². The van der Waals surface area contributed by atoms with Gasteiger partial charge < -0.3 is 0 Å². The maximum Gasteiger partial charge on any atom is 0.0859 e. The summed E-state index contributed by atoms with van der Waals surface area (Å²) < 4.78 is 0. The van der Waals surface area contributed by atoms with Gasteiger partial charge in [-0.05, 0) is 12.0 Å². The van der Waals surface area contributed by atoms with Crippen LogP contribution in [-0.2, 0) is 0 Å². The lowest BCUT2D eigenvalue weighted by molar-refractivity contribution is 0.729. The van der Waals surface area contributed by atoms with Gasteiger partial charge in [0.05, 0.1) is 8.07 Å². The molecular weight excluding hydrogens is 184 g/mol. The van der Waals surface area contributed by atoms with Gasteiger partial charge in [0.1, 0.15) is 0 Å².